The molecule has 0 spiro atoms. The van der Waals surface area contributed by atoms with Crippen LogP contribution < -0.4 is 9.80 Å². The largest absolute Gasteiger partial charge is 0.310 e. The lowest BCUT2D eigenvalue weighted by atomic mass is 9.78. The molecule has 0 aliphatic heterocycles. The summed E-state index contributed by atoms with van der Waals surface area (Å²) in [5.41, 5.74) is 28.4. The van der Waals surface area contributed by atoms with Crippen LogP contribution in [0.3, 0.4) is 0 Å². The van der Waals surface area contributed by atoms with Gasteiger partial charge in [0.05, 0.1) is 11.4 Å². The van der Waals surface area contributed by atoms with Gasteiger partial charge in [0.2, 0.25) is 0 Å². The molecule has 412 valence electrons. The Morgan fingerprint density at radius 3 is 0.878 bits per heavy atom. The van der Waals surface area contributed by atoms with E-state index in [9.17, 15) is 0 Å². The minimum absolute atomic E-state index is 0.0487. The maximum absolute atomic E-state index is 2.61. The summed E-state index contributed by atoms with van der Waals surface area (Å²) < 4.78 is 0. The summed E-state index contributed by atoms with van der Waals surface area (Å²) >= 11 is 0. The van der Waals surface area contributed by atoms with Crippen LogP contribution in [0, 0.1) is 0 Å². The lowest BCUT2D eigenvalue weighted by Gasteiger charge is -2.31. The molecule has 0 fully saturated rings. The van der Waals surface area contributed by atoms with E-state index in [2.05, 4.69) is 309 Å². The molecule has 0 aromatic heterocycles. The standard InChI is InChI=1S/C80H82N2/c1-48(2)49-26-34-53(35-27-49)81(54-36-28-50(29-37-54)75(3,4)5)71-46-69-73(59-24-20-18-22-57(59)71)63-44-65-61(42-67(63)79(69,14)15)62-43-68-64(45-66(62)78(65,12)13)74-60-25-21-19-23-58(60)72(47-70(74)80(68,16)17)82(55-38-30-51(31-39-55)76(6,7)8)56-40-32-52(33-41-56)77(9,10)11/h18-48H,1-17H3. The lowest BCUT2D eigenvalue weighted by Crippen LogP contribution is -2.18. The molecule has 10 aromatic rings. The van der Waals surface area contributed by atoms with E-state index in [0.29, 0.717) is 5.92 Å². The van der Waals surface area contributed by atoms with Gasteiger partial charge >= 0.3 is 0 Å². The minimum atomic E-state index is -0.279. The van der Waals surface area contributed by atoms with Crippen molar-refractivity contribution in [2.45, 2.75) is 156 Å². The van der Waals surface area contributed by atoms with Gasteiger partial charge in [-0.1, -0.05) is 215 Å². The van der Waals surface area contributed by atoms with Crippen molar-refractivity contribution in [3.8, 4) is 33.4 Å². The zero-order valence-electron chi connectivity index (χ0n) is 51.8. The van der Waals surface area contributed by atoms with E-state index in [-0.39, 0.29) is 32.5 Å². The number of hydrogen-bond acceptors (Lipinski definition) is 2. The van der Waals surface area contributed by atoms with Crippen molar-refractivity contribution < 1.29 is 0 Å². The van der Waals surface area contributed by atoms with Crippen LogP contribution in [0.15, 0.2) is 182 Å². The summed E-state index contributed by atoms with van der Waals surface area (Å²) in [6, 6.07) is 71.1. The van der Waals surface area contributed by atoms with Crippen LogP contribution in [0.5, 0.6) is 0 Å². The highest BCUT2D eigenvalue weighted by Gasteiger charge is 2.46. The van der Waals surface area contributed by atoms with Crippen molar-refractivity contribution in [3.05, 3.63) is 238 Å². The number of benzene rings is 10. The highest BCUT2D eigenvalue weighted by atomic mass is 15.1. The molecular formula is C80H82N2. The molecule has 0 saturated heterocycles. The Morgan fingerprint density at radius 2 is 0.573 bits per heavy atom. The van der Waals surface area contributed by atoms with E-state index in [4.69, 9.17) is 0 Å². The molecule has 0 saturated carbocycles. The Hall–Kier alpha value is -7.68. The number of fused-ring (bicyclic) bond motifs is 13. The van der Waals surface area contributed by atoms with Gasteiger partial charge in [-0.3, -0.25) is 0 Å². The molecule has 13 rings (SSSR count). The summed E-state index contributed by atoms with van der Waals surface area (Å²) in [6.45, 7) is 40.1. The summed E-state index contributed by atoms with van der Waals surface area (Å²) in [7, 11) is 0. The fraction of sp³-hybridized carbons (Fsp3) is 0.300. The second kappa shape index (κ2) is 18.2. The Labute approximate surface area is 489 Å². The average Bonchev–Trinajstić information content (AvgIpc) is 2.04. The highest BCUT2D eigenvalue weighted by Crippen LogP contribution is 2.62. The van der Waals surface area contributed by atoms with E-state index in [0.717, 1.165) is 17.1 Å². The van der Waals surface area contributed by atoms with E-state index in [1.807, 2.05) is 0 Å². The van der Waals surface area contributed by atoms with E-state index < -0.39 is 0 Å². The summed E-state index contributed by atoms with van der Waals surface area (Å²) in [6.07, 6.45) is 0. The van der Waals surface area contributed by atoms with Crippen LogP contribution in [-0.2, 0) is 32.5 Å². The van der Waals surface area contributed by atoms with Crippen molar-refractivity contribution in [1.29, 1.82) is 0 Å². The van der Waals surface area contributed by atoms with Crippen LogP contribution in [0.1, 0.15) is 179 Å². The summed E-state index contributed by atoms with van der Waals surface area (Å²) in [5, 5.41) is 5.12. The smallest absolute Gasteiger partial charge is 0.0543 e. The predicted molar refractivity (Wildman–Crippen MR) is 354 cm³/mol. The van der Waals surface area contributed by atoms with Crippen molar-refractivity contribution in [3.63, 3.8) is 0 Å². The Kier molecular flexibility index (Phi) is 11.9. The summed E-state index contributed by atoms with van der Waals surface area (Å²) in [5.74, 6) is 0.451. The van der Waals surface area contributed by atoms with Gasteiger partial charge in [0, 0.05) is 49.8 Å². The van der Waals surface area contributed by atoms with E-state index in [1.165, 1.54) is 128 Å². The zero-order valence-corrected chi connectivity index (χ0v) is 51.8. The quantitative estimate of drug-likeness (QED) is 0.157. The molecular weight excluding hydrogens is 989 g/mol. The fourth-order valence-electron chi connectivity index (χ4n) is 14.4. The van der Waals surface area contributed by atoms with Crippen LogP contribution in [0.25, 0.3) is 54.9 Å². The van der Waals surface area contributed by atoms with Gasteiger partial charge in [0.1, 0.15) is 0 Å². The first-order chi connectivity index (χ1) is 38.7. The van der Waals surface area contributed by atoms with Gasteiger partial charge in [-0.15, -0.1) is 0 Å². The van der Waals surface area contributed by atoms with E-state index >= 15 is 0 Å². The number of anilines is 6. The summed E-state index contributed by atoms with van der Waals surface area (Å²) in [4.78, 5) is 5.02. The van der Waals surface area contributed by atoms with Crippen molar-refractivity contribution >= 4 is 55.7 Å². The van der Waals surface area contributed by atoms with Crippen LogP contribution in [-0.4, -0.2) is 0 Å². The van der Waals surface area contributed by atoms with Crippen molar-refractivity contribution in [1.82, 2.24) is 0 Å². The highest BCUT2D eigenvalue weighted by molar-refractivity contribution is 6.12. The Bertz CT molecular complexity index is 4160. The molecule has 2 nitrogen and oxygen atoms in total. The SMILES string of the molecule is CC(C)c1ccc(N(c2ccc(C(C)(C)C)cc2)c2cc3c(c4ccccc24)-c2cc4c(cc2C3(C)C)-c2cc3c(cc2C4(C)C)-c2c(cc(N(c4ccc(C(C)(C)C)cc4)c4ccc(C(C)(C)C)cc4)c4ccccc24)C3(C)C)cc1. The van der Waals surface area contributed by atoms with Gasteiger partial charge < -0.3 is 9.80 Å². The number of nitrogens with zero attached hydrogens (tertiary/aromatic N) is 2. The molecule has 2 heteroatoms. The molecule has 0 bridgehead atoms. The number of rotatable bonds is 7. The predicted octanol–water partition coefficient (Wildman–Crippen LogP) is 22.9. The van der Waals surface area contributed by atoms with Gasteiger partial charge in [0.15, 0.2) is 0 Å². The molecule has 0 N–H and O–H groups in total. The maximum atomic E-state index is 2.61. The third-order valence-electron chi connectivity index (χ3n) is 19.5. The number of hydrogen-bond donors (Lipinski definition) is 0. The maximum Gasteiger partial charge on any atom is 0.0543 e. The molecule has 3 aliphatic carbocycles. The van der Waals surface area contributed by atoms with Crippen molar-refractivity contribution in [2.24, 2.45) is 0 Å². The third kappa shape index (κ3) is 8.16. The minimum Gasteiger partial charge on any atom is -0.310 e. The topological polar surface area (TPSA) is 6.48 Å². The van der Waals surface area contributed by atoms with Crippen molar-refractivity contribution in [2.75, 3.05) is 9.80 Å². The van der Waals surface area contributed by atoms with Crippen LogP contribution in [0.2, 0.25) is 0 Å². The Morgan fingerprint density at radius 1 is 0.305 bits per heavy atom. The van der Waals surface area contributed by atoms with Crippen LogP contribution in [0.4, 0.5) is 34.1 Å². The fourth-order valence-corrected chi connectivity index (χ4v) is 14.4. The van der Waals surface area contributed by atoms with Gasteiger partial charge in [-0.05, 0) is 207 Å². The molecule has 3 aliphatic rings. The van der Waals surface area contributed by atoms with Gasteiger partial charge in [0.25, 0.3) is 0 Å². The monoisotopic (exact) mass is 1070 g/mol. The molecule has 0 atom stereocenters. The van der Waals surface area contributed by atoms with Gasteiger partial charge in [-0.2, -0.15) is 0 Å². The lowest BCUT2D eigenvalue weighted by molar-refractivity contribution is 0.590. The molecule has 0 radical (unpaired) electrons. The van der Waals surface area contributed by atoms with Gasteiger partial charge in [-0.25, -0.2) is 0 Å². The van der Waals surface area contributed by atoms with Crippen LogP contribution >= 0.6 is 0 Å². The molecule has 0 amide bonds. The molecule has 0 heterocycles. The normalized spacial score (nSPS) is 15.3. The van der Waals surface area contributed by atoms with E-state index in [1.54, 1.807) is 0 Å². The first-order valence-electron chi connectivity index (χ1n) is 30.2. The molecule has 82 heavy (non-hydrogen) atoms. The first-order valence-corrected chi connectivity index (χ1v) is 30.2. The zero-order chi connectivity index (χ0) is 58.0. The first kappa shape index (κ1) is 53.6. The molecule has 0 unspecified atom stereocenters. The Balaban J connectivity index is 0.958. The third-order valence-corrected chi connectivity index (χ3v) is 19.5. The average molecular weight is 1070 g/mol. The molecule has 10 aromatic carbocycles. The second-order valence-corrected chi connectivity index (χ2v) is 29.3. The second-order valence-electron chi connectivity index (χ2n) is 29.3.